The molecule has 0 aliphatic rings. The van der Waals surface area contributed by atoms with E-state index in [-0.39, 0.29) is 16.7 Å². The maximum absolute atomic E-state index is 13.0. The lowest BCUT2D eigenvalue weighted by Crippen LogP contribution is -2.09. The molecule has 0 amide bonds. The van der Waals surface area contributed by atoms with E-state index in [1.165, 1.54) is 31.5 Å². The molecule has 0 unspecified atom stereocenters. The summed E-state index contributed by atoms with van der Waals surface area (Å²) in [5, 5.41) is 0. The second-order valence-electron chi connectivity index (χ2n) is 4.24. The number of aromatic amines is 1. The monoisotopic (exact) mass is 283 g/mol. The van der Waals surface area contributed by atoms with E-state index in [1.54, 1.807) is 6.92 Å². The van der Waals surface area contributed by atoms with Crippen LogP contribution >= 0.6 is 0 Å². The lowest BCUT2D eigenvalue weighted by atomic mass is 9.97. The van der Waals surface area contributed by atoms with Gasteiger partial charge in [0.2, 0.25) is 0 Å². The fourth-order valence-electron chi connectivity index (χ4n) is 2.07. The van der Waals surface area contributed by atoms with Crippen molar-refractivity contribution in [2.75, 3.05) is 7.11 Å². The Balaban J connectivity index is 2.68. The van der Waals surface area contributed by atoms with E-state index in [1.807, 2.05) is 0 Å². The summed E-state index contributed by atoms with van der Waals surface area (Å²) < 4.78 is 43.7. The molecule has 0 atom stereocenters. The minimum atomic E-state index is -4.49. The van der Waals surface area contributed by atoms with Crippen LogP contribution in [0.4, 0.5) is 13.2 Å². The molecule has 0 saturated carbocycles. The summed E-state index contributed by atoms with van der Waals surface area (Å²) in [5.41, 5.74) is -0.0794. The maximum atomic E-state index is 13.0. The van der Waals surface area contributed by atoms with Gasteiger partial charge in [-0.3, -0.25) is 0 Å². The zero-order valence-electron chi connectivity index (χ0n) is 10.8. The standard InChI is InChI=1S/C14H12F3NO2/c1-8-12(13(19)20-2)10(7-18-8)9-5-3-4-6-11(9)14(15,16)17/h3-7,18H,1-2H3. The number of carbonyl (C=O) groups is 1. The molecule has 0 saturated heterocycles. The zero-order chi connectivity index (χ0) is 14.9. The summed E-state index contributed by atoms with van der Waals surface area (Å²) in [5.74, 6) is -0.671. The van der Waals surface area contributed by atoms with E-state index >= 15 is 0 Å². The fourth-order valence-corrected chi connectivity index (χ4v) is 2.07. The number of esters is 1. The highest BCUT2D eigenvalue weighted by molar-refractivity contribution is 5.99. The van der Waals surface area contributed by atoms with E-state index in [9.17, 15) is 18.0 Å². The van der Waals surface area contributed by atoms with E-state index < -0.39 is 17.7 Å². The third kappa shape index (κ3) is 2.41. The number of alkyl halides is 3. The van der Waals surface area contributed by atoms with E-state index in [4.69, 9.17) is 0 Å². The first-order valence-corrected chi connectivity index (χ1v) is 5.79. The predicted octanol–water partition coefficient (Wildman–Crippen LogP) is 3.80. The molecule has 0 spiro atoms. The normalized spacial score (nSPS) is 11.4. The Morgan fingerprint density at radius 2 is 1.85 bits per heavy atom. The van der Waals surface area contributed by atoms with Crippen LogP contribution in [0.2, 0.25) is 0 Å². The number of aromatic nitrogens is 1. The number of nitrogens with one attached hydrogen (secondary N) is 1. The number of methoxy groups -OCH3 is 1. The number of hydrogen-bond acceptors (Lipinski definition) is 2. The van der Waals surface area contributed by atoms with Crippen LogP contribution in [0.5, 0.6) is 0 Å². The van der Waals surface area contributed by atoms with Gasteiger partial charge in [-0.15, -0.1) is 0 Å². The van der Waals surface area contributed by atoms with Crippen molar-refractivity contribution in [2.24, 2.45) is 0 Å². The van der Waals surface area contributed by atoms with Gasteiger partial charge in [-0.25, -0.2) is 4.79 Å². The second-order valence-corrected chi connectivity index (χ2v) is 4.24. The predicted molar refractivity (Wildman–Crippen MR) is 67.3 cm³/mol. The highest BCUT2D eigenvalue weighted by Crippen LogP contribution is 2.38. The molecule has 20 heavy (non-hydrogen) atoms. The Kier molecular flexibility index (Phi) is 3.57. The van der Waals surface area contributed by atoms with Crippen molar-refractivity contribution < 1.29 is 22.7 Å². The summed E-state index contributed by atoms with van der Waals surface area (Å²) in [6.45, 7) is 1.60. The SMILES string of the molecule is COC(=O)c1c(-c2ccccc2C(F)(F)F)c[nH]c1C. The molecule has 0 aliphatic heterocycles. The molecule has 1 heterocycles. The molecule has 3 nitrogen and oxygen atoms in total. The number of benzene rings is 1. The Bertz CT molecular complexity index is 644. The van der Waals surface area contributed by atoms with Crippen LogP contribution in [0.25, 0.3) is 11.1 Å². The fraction of sp³-hybridized carbons (Fsp3) is 0.214. The Hall–Kier alpha value is -2.24. The molecular weight excluding hydrogens is 271 g/mol. The summed E-state index contributed by atoms with van der Waals surface area (Å²) >= 11 is 0. The summed E-state index contributed by atoms with van der Waals surface area (Å²) in [7, 11) is 1.19. The largest absolute Gasteiger partial charge is 0.465 e. The Labute approximate surface area is 113 Å². The summed E-state index contributed by atoms with van der Waals surface area (Å²) in [6, 6.07) is 5.12. The molecule has 2 rings (SSSR count). The number of hydrogen-bond donors (Lipinski definition) is 1. The number of H-pyrrole nitrogens is 1. The van der Waals surface area contributed by atoms with Gasteiger partial charge in [0.05, 0.1) is 18.2 Å². The van der Waals surface area contributed by atoms with Crippen LogP contribution in [0.3, 0.4) is 0 Å². The smallest absolute Gasteiger partial charge is 0.417 e. The molecule has 106 valence electrons. The van der Waals surface area contributed by atoms with Gasteiger partial charge in [-0.05, 0) is 18.6 Å². The molecule has 1 N–H and O–H groups in total. The van der Waals surface area contributed by atoms with E-state index in [2.05, 4.69) is 9.72 Å². The van der Waals surface area contributed by atoms with Crippen LogP contribution < -0.4 is 0 Å². The average molecular weight is 283 g/mol. The van der Waals surface area contributed by atoms with Crippen molar-refractivity contribution in [1.82, 2.24) is 4.98 Å². The van der Waals surface area contributed by atoms with Gasteiger partial charge in [-0.1, -0.05) is 18.2 Å². The van der Waals surface area contributed by atoms with Crippen molar-refractivity contribution in [3.05, 3.63) is 47.3 Å². The first-order valence-electron chi connectivity index (χ1n) is 5.79. The number of rotatable bonds is 2. The topological polar surface area (TPSA) is 42.1 Å². The minimum absolute atomic E-state index is 0.0512. The second kappa shape index (κ2) is 5.03. The lowest BCUT2D eigenvalue weighted by molar-refractivity contribution is -0.137. The molecule has 2 aromatic rings. The van der Waals surface area contributed by atoms with E-state index in [0.29, 0.717) is 5.69 Å². The first-order chi connectivity index (χ1) is 9.36. The highest BCUT2D eigenvalue weighted by atomic mass is 19.4. The summed E-state index contributed by atoms with van der Waals surface area (Å²) in [6.07, 6.45) is -3.11. The number of halogens is 3. The molecule has 0 aliphatic carbocycles. The van der Waals surface area contributed by atoms with Crippen LogP contribution in [-0.2, 0) is 10.9 Å². The van der Waals surface area contributed by atoms with Gasteiger partial charge < -0.3 is 9.72 Å². The van der Waals surface area contributed by atoms with Crippen LogP contribution in [0, 0.1) is 6.92 Å². The number of ether oxygens (including phenoxy) is 1. The molecular formula is C14H12F3NO2. The van der Waals surface area contributed by atoms with Gasteiger partial charge in [-0.2, -0.15) is 13.2 Å². The molecule has 0 fully saturated rings. The molecule has 0 radical (unpaired) electrons. The van der Waals surface area contributed by atoms with Gasteiger partial charge in [0.25, 0.3) is 0 Å². The molecule has 6 heteroatoms. The highest BCUT2D eigenvalue weighted by Gasteiger charge is 2.34. The van der Waals surface area contributed by atoms with Gasteiger partial charge in [0, 0.05) is 17.5 Å². The number of aryl methyl sites for hydroxylation is 1. The maximum Gasteiger partial charge on any atom is 0.417 e. The van der Waals surface area contributed by atoms with Crippen LogP contribution in [0.15, 0.2) is 30.5 Å². The molecule has 1 aromatic carbocycles. The van der Waals surface area contributed by atoms with Crippen molar-refractivity contribution in [1.29, 1.82) is 0 Å². The van der Waals surface area contributed by atoms with E-state index in [0.717, 1.165) is 6.07 Å². The Morgan fingerprint density at radius 1 is 1.20 bits per heavy atom. The quantitative estimate of drug-likeness (QED) is 0.852. The minimum Gasteiger partial charge on any atom is -0.465 e. The van der Waals surface area contributed by atoms with Gasteiger partial charge in [0.1, 0.15) is 0 Å². The molecule has 1 aromatic heterocycles. The zero-order valence-corrected chi connectivity index (χ0v) is 10.8. The van der Waals surface area contributed by atoms with Crippen molar-refractivity contribution in [2.45, 2.75) is 13.1 Å². The average Bonchev–Trinajstić information content (AvgIpc) is 2.78. The summed E-state index contributed by atoms with van der Waals surface area (Å²) in [4.78, 5) is 14.5. The first kappa shape index (κ1) is 14.2. The van der Waals surface area contributed by atoms with Crippen LogP contribution in [0.1, 0.15) is 21.6 Å². The van der Waals surface area contributed by atoms with Crippen molar-refractivity contribution >= 4 is 5.97 Å². The Morgan fingerprint density at radius 3 is 2.45 bits per heavy atom. The number of carbonyl (C=O) groups excluding carboxylic acids is 1. The van der Waals surface area contributed by atoms with Gasteiger partial charge >= 0.3 is 12.1 Å². The van der Waals surface area contributed by atoms with Gasteiger partial charge in [0.15, 0.2) is 0 Å². The van der Waals surface area contributed by atoms with Crippen molar-refractivity contribution in [3.63, 3.8) is 0 Å². The third-order valence-corrected chi connectivity index (χ3v) is 2.99. The molecule has 0 bridgehead atoms. The van der Waals surface area contributed by atoms with Crippen LogP contribution in [-0.4, -0.2) is 18.1 Å². The third-order valence-electron chi connectivity index (χ3n) is 2.99. The van der Waals surface area contributed by atoms with Crippen molar-refractivity contribution in [3.8, 4) is 11.1 Å². The lowest BCUT2D eigenvalue weighted by Gasteiger charge is -2.12.